The summed E-state index contributed by atoms with van der Waals surface area (Å²) in [4.78, 5) is 26.2. The number of nitrogens with one attached hydrogen (secondary N) is 1. The number of hydrogen-bond donors (Lipinski definition) is 1. The zero-order valence-electron chi connectivity index (χ0n) is 11.9. The molecule has 0 radical (unpaired) electrons. The Morgan fingerprint density at radius 1 is 1.19 bits per heavy atom. The molecule has 1 aromatic carbocycles. The third-order valence-electron chi connectivity index (χ3n) is 3.56. The molecule has 1 heterocycles. The maximum absolute atomic E-state index is 12.3. The Balaban J connectivity index is 1.99. The predicted molar refractivity (Wildman–Crippen MR) is 83.8 cm³/mol. The molecule has 0 saturated carbocycles. The molecule has 0 bridgehead atoms. The Hall–Kier alpha value is -1.26. The standard InChI is InChI=1S/C15H18Cl2N2O2/c1-10(15(21)19-7-3-2-4-8-19)18-14(20)12-6-5-11(16)9-13(12)17/h5-6,9-10H,2-4,7-8H2,1H3,(H,18,20)/t10-/m0/s1. The lowest BCUT2D eigenvalue weighted by molar-refractivity contribution is -0.133. The van der Waals surface area contributed by atoms with Crippen LogP contribution < -0.4 is 5.32 Å². The van der Waals surface area contributed by atoms with Crippen LogP contribution in [0.3, 0.4) is 0 Å². The van der Waals surface area contributed by atoms with Gasteiger partial charge in [0.25, 0.3) is 5.91 Å². The van der Waals surface area contributed by atoms with Gasteiger partial charge in [-0.2, -0.15) is 0 Å². The maximum Gasteiger partial charge on any atom is 0.253 e. The minimum Gasteiger partial charge on any atom is -0.341 e. The van der Waals surface area contributed by atoms with E-state index in [-0.39, 0.29) is 16.8 Å². The van der Waals surface area contributed by atoms with E-state index in [9.17, 15) is 9.59 Å². The summed E-state index contributed by atoms with van der Waals surface area (Å²) in [7, 11) is 0. The molecule has 0 aromatic heterocycles. The number of rotatable bonds is 3. The topological polar surface area (TPSA) is 49.4 Å². The van der Waals surface area contributed by atoms with E-state index in [4.69, 9.17) is 23.2 Å². The van der Waals surface area contributed by atoms with E-state index in [2.05, 4.69) is 5.32 Å². The van der Waals surface area contributed by atoms with E-state index < -0.39 is 6.04 Å². The molecule has 1 fully saturated rings. The fourth-order valence-corrected chi connectivity index (χ4v) is 2.89. The summed E-state index contributed by atoms with van der Waals surface area (Å²) in [6.45, 7) is 3.22. The van der Waals surface area contributed by atoms with Crippen molar-refractivity contribution in [3.05, 3.63) is 33.8 Å². The van der Waals surface area contributed by atoms with Crippen LogP contribution in [0.1, 0.15) is 36.5 Å². The molecule has 1 N–H and O–H groups in total. The molecule has 1 atom stereocenters. The fourth-order valence-electron chi connectivity index (χ4n) is 2.40. The zero-order chi connectivity index (χ0) is 15.4. The van der Waals surface area contributed by atoms with Gasteiger partial charge in [0.2, 0.25) is 5.91 Å². The number of nitrogens with zero attached hydrogens (tertiary/aromatic N) is 1. The molecule has 0 aliphatic carbocycles. The summed E-state index contributed by atoms with van der Waals surface area (Å²) in [5.41, 5.74) is 0.319. The normalized spacial score (nSPS) is 16.4. The van der Waals surface area contributed by atoms with E-state index >= 15 is 0 Å². The molecule has 6 heteroatoms. The van der Waals surface area contributed by atoms with Crippen LogP contribution in [0.5, 0.6) is 0 Å². The molecule has 1 aliphatic heterocycles. The summed E-state index contributed by atoms with van der Waals surface area (Å²) in [6, 6.07) is 4.09. The third kappa shape index (κ3) is 4.11. The van der Waals surface area contributed by atoms with Crippen molar-refractivity contribution < 1.29 is 9.59 Å². The van der Waals surface area contributed by atoms with Crippen molar-refractivity contribution >= 4 is 35.0 Å². The summed E-state index contributed by atoms with van der Waals surface area (Å²) in [5.74, 6) is -0.414. The van der Waals surface area contributed by atoms with Gasteiger partial charge in [-0.15, -0.1) is 0 Å². The first-order valence-electron chi connectivity index (χ1n) is 7.04. The smallest absolute Gasteiger partial charge is 0.253 e. The van der Waals surface area contributed by atoms with Crippen molar-refractivity contribution in [2.75, 3.05) is 13.1 Å². The highest BCUT2D eigenvalue weighted by atomic mass is 35.5. The molecule has 2 rings (SSSR count). The molecule has 0 spiro atoms. The molecule has 1 saturated heterocycles. The Bertz CT molecular complexity index is 542. The molecular weight excluding hydrogens is 311 g/mol. The van der Waals surface area contributed by atoms with E-state index in [0.29, 0.717) is 10.6 Å². The SMILES string of the molecule is C[C@H](NC(=O)c1ccc(Cl)cc1Cl)C(=O)N1CCCCC1. The first-order chi connectivity index (χ1) is 9.99. The second-order valence-electron chi connectivity index (χ2n) is 5.21. The molecule has 1 aliphatic rings. The fraction of sp³-hybridized carbons (Fsp3) is 0.467. The van der Waals surface area contributed by atoms with Gasteiger partial charge in [0.15, 0.2) is 0 Å². The molecular formula is C15H18Cl2N2O2. The van der Waals surface area contributed by atoms with Crippen molar-refractivity contribution in [3.8, 4) is 0 Å². The molecule has 114 valence electrons. The van der Waals surface area contributed by atoms with E-state index in [1.165, 1.54) is 6.07 Å². The van der Waals surface area contributed by atoms with Gasteiger partial charge in [-0.05, 0) is 44.4 Å². The number of piperidine rings is 1. The summed E-state index contributed by atoms with van der Waals surface area (Å²) in [6.07, 6.45) is 3.20. The van der Waals surface area contributed by atoms with Crippen molar-refractivity contribution in [2.24, 2.45) is 0 Å². The van der Waals surface area contributed by atoms with E-state index in [0.717, 1.165) is 32.4 Å². The summed E-state index contributed by atoms with van der Waals surface area (Å²) < 4.78 is 0. The number of hydrogen-bond acceptors (Lipinski definition) is 2. The monoisotopic (exact) mass is 328 g/mol. The Morgan fingerprint density at radius 2 is 1.86 bits per heavy atom. The van der Waals surface area contributed by atoms with Crippen LogP contribution in [0.2, 0.25) is 10.0 Å². The number of likely N-dealkylation sites (tertiary alicyclic amines) is 1. The van der Waals surface area contributed by atoms with Gasteiger partial charge >= 0.3 is 0 Å². The largest absolute Gasteiger partial charge is 0.341 e. The lowest BCUT2D eigenvalue weighted by Crippen LogP contribution is -2.48. The summed E-state index contributed by atoms with van der Waals surface area (Å²) >= 11 is 11.8. The van der Waals surface area contributed by atoms with E-state index in [1.54, 1.807) is 24.0 Å². The van der Waals surface area contributed by atoms with Crippen LogP contribution >= 0.6 is 23.2 Å². The molecule has 21 heavy (non-hydrogen) atoms. The third-order valence-corrected chi connectivity index (χ3v) is 4.11. The molecule has 4 nitrogen and oxygen atoms in total. The Labute approximate surface area is 134 Å². The van der Waals surface area contributed by atoms with E-state index in [1.807, 2.05) is 0 Å². The lowest BCUT2D eigenvalue weighted by Gasteiger charge is -2.29. The summed E-state index contributed by atoms with van der Waals surface area (Å²) in [5, 5.41) is 3.44. The minimum atomic E-state index is -0.567. The van der Waals surface area contributed by atoms with Crippen molar-refractivity contribution in [1.82, 2.24) is 10.2 Å². The highest BCUT2D eigenvalue weighted by molar-refractivity contribution is 6.36. The van der Waals surface area contributed by atoms with Crippen LogP contribution in [-0.2, 0) is 4.79 Å². The number of halogens is 2. The number of amides is 2. The second-order valence-corrected chi connectivity index (χ2v) is 6.05. The Kier molecular flexibility index (Phi) is 5.48. The average molecular weight is 329 g/mol. The van der Waals surface area contributed by atoms with Gasteiger partial charge in [0.1, 0.15) is 6.04 Å². The number of carbonyl (C=O) groups excluding carboxylic acids is 2. The van der Waals surface area contributed by atoms with Crippen LogP contribution in [0.4, 0.5) is 0 Å². The number of benzene rings is 1. The van der Waals surface area contributed by atoms with Gasteiger partial charge in [-0.25, -0.2) is 0 Å². The van der Waals surface area contributed by atoms with Crippen molar-refractivity contribution in [1.29, 1.82) is 0 Å². The lowest BCUT2D eigenvalue weighted by atomic mass is 10.1. The second kappa shape index (κ2) is 7.14. The maximum atomic E-state index is 12.3. The molecule has 2 amide bonds. The van der Waals surface area contributed by atoms with Gasteiger partial charge in [-0.3, -0.25) is 9.59 Å². The molecule has 0 unspecified atom stereocenters. The highest BCUT2D eigenvalue weighted by Gasteiger charge is 2.24. The average Bonchev–Trinajstić information content (AvgIpc) is 2.47. The van der Waals surface area contributed by atoms with Crippen LogP contribution in [0.25, 0.3) is 0 Å². The van der Waals surface area contributed by atoms with Crippen LogP contribution in [0, 0.1) is 0 Å². The van der Waals surface area contributed by atoms with Gasteiger partial charge < -0.3 is 10.2 Å². The number of carbonyl (C=O) groups is 2. The van der Waals surface area contributed by atoms with Crippen molar-refractivity contribution in [2.45, 2.75) is 32.2 Å². The first-order valence-corrected chi connectivity index (χ1v) is 7.79. The predicted octanol–water partition coefficient (Wildman–Crippen LogP) is 3.12. The van der Waals surface area contributed by atoms with Crippen LogP contribution in [0.15, 0.2) is 18.2 Å². The zero-order valence-corrected chi connectivity index (χ0v) is 13.4. The minimum absolute atomic E-state index is 0.0480. The van der Waals surface area contributed by atoms with Gasteiger partial charge in [-0.1, -0.05) is 23.2 Å². The van der Waals surface area contributed by atoms with Crippen molar-refractivity contribution in [3.63, 3.8) is 0 Å². The van der Waals surface area contributed by atoms with Gasteiger partial charge in [0, 0.05) is 18.1 Å². The van der Waals surface area contributed by atoms with Crippen LogP contribution in [-0.4, -0.2) is 35.8 Å². The highest BCUT2D eigenvalue weighted by Crippen LogP contribution is 2.21. The quantitative estimate of drug-likeness (QED) is 0.926. The van der Waals surface area contributed by atoms with Gasteiger partial charge in [0.05, 0.1) is 10.6 Å². The molecule has 1 aromatic rings. The Morgan fingerprint density at radius 3 is 2.48 bits per heavy atom. The first kappa shape index (κ1) is 16.1.